The maximum atomic E-state index is 13.3. The zero-order chi connectivity index (χ0) is 23.0. The third-order valence-electron chi connectivity index (χ3n) is 4.01. The topological polar surface area (TPSA) is 54.5 Å². The molecule has 0 saturated carbocycles. The van der Waals surface area contributed by atoms with Crippen molar-refractivity contribution in [1.29, 1.82) is 5.26 Å². The Morgan fingerprint density at radius 2 is 1.81 bits per heavy atom. The lowest BCUT2D eigenvalue weighted by Crippen LogP contribution is -2.11. The van der Waals surface area contributed by atoms with Gasteiger partial charge in [0.25, 0.3) is 5.82 Å². The van der Waals surface area contributed by atoms with Crippen LogP contribution < -0.4 is 0 Å². The standard InChI is InChI=1S/C19H11ClF6N4S/c1-10-6-11(8-27)15(31-9-18(21,22)23)7-14(10)30-16(12-4-2-3-5-13(12)20)28-17(29-30)19(24,25)26/h2-7H,9H2,1H3. The van der Waals surface area contributed by atoms with E-state index in [0.29, 0.717) is 17.3 Å². The number of alkyl halides is 6. The van der Waals surface area contributed by atoms with Gasteiger partial charge in [-0.15, -0.1) is 16.9 Å². The third-order valence-corrected chi connectivity index (χ3v) is 5.46. The molecule has 12 heteroatoms. The van der Waals surface area contributed by atoms with Crippen LogP contribution in [-0.2, 0) is 6.18 Å². The molecule has 2 aromatic carbocycles. The fourth-order valence-electron chi connectivity index (χ4n) is 2.69. The molecule has 0 N–H and O–H groups in total. The van der Waals surface area contributed by atoms with Crippen molar-refractivity contribution in [3.8, 4) is 23.1 Å². The third kappa shape index (κ3) is 5.14. The maximum absolute atomic E-state index is 13.3. The van der Waals surface area contributed by atoms with E-state index in [0.717, 1.165) is 4.68 Å². The van der Waals surface area contributed by atoms with Gasteiger partial charge in [0.2, 0.25) is 0 Å². The Hall–Kier alpha value is -2.71. The molecule has 1 aromatic heterocycles. The molecule has 3 aromatic rings. The zero-order valence-corrected chi connectivity index (χ0v) is 17.1. The highest BCUT2D eigenvalue weighted by Gasteiger charge is 2.38. The van der Waals surface area contributed by atoms with Gasteiger partial charge in [0.05, 0.1) is 22.0 Å². The molecular formula is C19H11ClF6N4S. The summed E-state index contributed by atoms with van der Waals surface area (Å²) >= 11 is 6.48. The molecule has 162 valence electrons. The molecule has 4 nitrogen and oxygen atoms in total. The van der Waals surface area contributed by atoms with Crippen LogP contribution in [0.1, 0.15) is 17.0 Å². The van der Waals surface area contributed by atoms with Crippen molar-refractivity contribution >= 4 is 23.4 Å². The highest BCUT2D eigenvalue weighted by atomic mass is 35.5. The Kier molecular flexibility index (Phi) is 6.25. The quantitative estimate of drug-likeness (QED) is 0.321. The second-order valence-corrected chi connectivity index (χ2v) is 7.72. The van der Waals surface area contributed by atoms with Crippen LogP contribution in [0, 0.1) is 18.3 Å². The van der Waals surface area contributed by atoms with Gasteiger partial charge in [-0.25, -0.2) is 9.67 Å². The number of halogens is 7. The normalized spacial score (nSPS) is 12.1. The van der Waals surface area contributed by atoms with Crippen LogP contribution >= 0.6 is 23.4 Å². The van der Waals surface area contributed by atoms with Crippen molar-refractivity contribution in [1.82, 2.24) is 14.8 Å². The Balaban J connectivity index is 2.23. The lowest BCUT2D eigenvalue weighted by molar-refractivity contribution is -0.144. The summed E-state index contributed by atoms with van der Waals surface area (Å²) in [6.45, 7) is 1.50. The molecule has 0 bridgehead atoms. The fraction of sp³-hybridized carbons (Fsp3) is 0.211. The zero-order valence-electron chi connectivity index (χ0n) is 15.5. The monoisotopic (exact) mass is 476 g/mol. The maximum Gasteiger partial charge on any atom is 0.453 e. The molecule has 31 heavy (non-hydrogen) atoms. The number of nitriles is 1. The summed E-state index contributed by atoms with van der Waals surface area (Å²) in [7, 11) is 0. The van der Waals surface area contributed by atoms with E-state index in [-0.39, 0.29) is 32.6 Å². The molecule has 0 atom stereocenters. The van der Waals surface area contributed by atoms with E-state index in [1.165, 1.54) is 31.2 Å². The van der Waals surface area contributed by atoms with Gasteiger partial charge in [0.1, 0.15) is 6.07 Å². The highest BCUT2D eigenvalue weighted by Crippen LogP contribution is 2.36. The van der Waals surface area contributed by atoms with Gasteiger partial charge < -0.3 is 0 Å². The average molecular weight is 477 g/mol. The van der Waals surface area contributed by atoms with E-state index in [9.17, 15) is 31.6 Å². The molecule has 0 aliphatic carbocycles. The number of thioether (sulfide) groups is 1. The molecule has 1 heterocycles. The Morgan fingerprint density at radius 1 is 1.13 bits per heavy atom. The molecule has 0 saturated heterocycles. The number of rotatable bonds is 4. The van der Waals surface area contributed by atoms with Gasteiger partial charge in [-0.05, 0) is 36.8 Å². The van der Waals surface area contributed by atoms with Gasteiger partial charge >= 0.3 is 12.4 Å². The second kappa shape index (κ2) is 8.43. The first kappa shape index (κ1) is 23.0. The van der Waals surface area contributed by atoms with Crippen LogP contribution in [0.3, 0.4) is 0 Å². The summed E-state index contributed by atoms with van der Waals surface area (Å²) in [6, 6.07) is 10.3. The van der Waals surface area contributed by atoms with Crippen molar-refractivity contribution in [2.45, 2.75) is 24.2 Å². The lowest BCUT2D eigenvalue weighted by atomic mass is 10.1. The Bertz CT molecular complexity index is 1160. The largest absolute Gasteiger partial charge is 0.453 e. The SMILES string of the molecule is Cc1cc(C#N)c(SCC(F)(F)F)cc1-n1nc(C(F)(F)F)nc1-c1ccccc1Cl. The second-order valence-electron chi connectivity index (χ2n) is 6.30. The number of nitrogens with zero attached hydrogens (tertiary/aromatic N) is 4. The number of hydrogen-bond donors (Lipinski definition) is 0. The predicted octanol–water partition coefficient (Wildman–Crippen LogP) is 6.44. The number of aromatic nitrogens is 3. The molecule has 0 fully saturated rings. The van der Waals surface area contributed by atoms with Crippen molar-refractivity contribution in [3.05, 3.63) is 58.4 Å². The minimum atomic E-state index is -4.87. The Morgan fingerprint density at radius 3 is 2.39 bits per heavy atom. The molecular weight excluding hydrogens is 466 g/mol. The van der Waals surface area contributed by atoms with Gasteiger partial charge in [-0.2, -0.15) is 31.6 Å². The van der Waals surface area contributed by atoms with E-state index in [1.807, 2.05) is 0 Å². The predicted molar refractivity (Wildman–Crippen MR) is 103 cm³/mol. The molecule has 0 aliphatic rings. The summed E-state index contributed by atoms with van der Waals surface area (Å²) < 4.78 is 78.9. The van der Waals surface area contributed by atoms with Crippen LogP contribution in [0.4, 0.5) is 26.3 Å². The van der Waals surface area contributed by atoms with Crippen molar-refractivity contribution in [2.75, 3.05) is 5.75 Å². The van der Waals surface area contributed by atoms with Crippen LogP contribution in [0.25, 0.3) is 17.1 Å². The molecule has 0 spiro atoms. The van der Waals surface area contributed by atoms with Crippen LogP contribution in [0.5, 0.6) is 0 Å². The van der Waals surface area contributed by atoms with Crippen molar-refractivity contribution in [3.63, 3.8) is 0 Å². The van der Waals surface area contributed by atoms with Gasteiger partial charge in [-0.3, -0.25) is 0 Å². The van der Waals surface area contributed by atoms with Crippen LogP contribution in [0.2, 0.25) is 5.02 Å². The summed E-state index contributed by atoms with van der Waals surface area (Å²) in [6.07, 6.45) is -9.36. The molecule has 3 rings (SSSR count). The molecule has 0 amide bonds. The number of benzene rings is 2. The summed E-state index contributed by atoms with van der Waals surface area (Å²) in [5.74, 6) is -2.94. The summed E-state index contributed by atoms with van der Waals surface area (Å²) in [5.41, 5.74) is 0.479. The van der Waals surface area contributed by atoms with E-state index in [2.05, 4.69) is 10.1 Å². The van der Waals surface area contributed by atoms with Gasteiger partial charge in [0.15, 0.2) is 5.82 Å². The number of aryl methyl sites for hydroxylation is 1. The van der Waals surface area contributed by atoms with Crippen LogP contribution in [0.15, 0.2) is 41.3 Å². The van der Waals surface area contributed by atoms with Crippen molar-refractivity contribution < 1.29 is 26.3 Å². The minimum Gasteiger partial charge on any atom is -0.212 e. The van der Waals surface area contributed by atoms with Crippen LogP contribution in [-0.4, -0.2) is 26.7 Å². The van der Waals surface area contributed by atoms with Crippen molar-refractivity contribution in [2.24, 2.45) is 0 Å². The molecule has 0 radical (unpaired) electrons. The van der Waals surface area contributed by atoms with E-state index in [1.54, 1.807) is 18.2 Å². The van der Waals surface area contributed by atoms with E-state index >= 15 is 0 Å². The Labute approximate surface area is 181 Å². The first-order valence-electron chi connectivity index (χ1n) is 8.44. The highest BCUT2D eigenvalue weighted by molar-refractivity contribution is 7.99. The van der Waals surface area contributed by atoms with Gasteiger partial charge in [-0.1, -0.05) is 23.7 Å². The first-order chi connectivity index (χ1) is 14.4. The number of hydrogen-bond acceptors (Lipinski definition) is 4. The summed E-state index contributed by atoms with van der Waals surface area (Å²) in [4.78, 5) is 3.53. The lowest BCUT2D eigenvalue weighted by Gasteiger charge is -2.14. The first-order valence-corrected chi connectivity index (χ1v) is 9.81. The molecule has 0 aliphatic heterocycles. The minimum absolute atomic E-state index is 0.0362. The van der Waals surface area contributed by atoms with E-state index < -0.39 is 23.9 Å². The van der Waals surface area contributed by atoms with Gasteiger partial charge in [0, 0.05) is 10.5 Å². The molecule has 0 unspecified atom stereocenters. The smallest absolute Gasteiger partial charge is 0.212 e. The van der Waals surface area contributed by atoms with E-state index in [4.69, 9.17) is 11.6 Å². The summed E-state index contributed by atoms with van der Waals surface area (Å²) in [5, 5.41) is 12.9. The average Bonchev–Trinajstić information content (AvgIpc) is 3.11. The fourth-order valence-corrected chi connectivity index (χ4v) is 3.68.